The zero-order valence-corrected chi connectivity index (χ0v) is 15.7. The molecule has 2 aromatic carbocycles. The molecule has 0 unspecified atom stereocenters. The molecule has 0 bridgehead atoms. The summed E-state index contributed by atoms with van der Waals surface area (Å²) in [5.41, 5.74) is 1.96. The van der Waals surface area contributed by atoms with Crippen LogP contribution in [0, 0.1) is 18.8 Å². The van der Waals surface area contributed by atoms with Crippen LogP contribution in [0.5, 0.6) is 0 Å². The Kier molecular flexibility index (Phi) is 6.90. The molecule has 134 valence electrons. The topological polar surface area (TPSA) is 54.5 Å². The normalized spacial score (nSPS) is 11.3. The van der Waals surface area contributed by atoms with E-state index in [2.05, 4.69) is 11.8 Å². The Bertz CT molecular complexity index is 934. The number of Topliss-reactive ketones (excluding diaryl/α,β-unsaturated/α-hetero) is 1. The number of hydrogen-bond donors (Lipinski definition) is 0. The van der Waals surface area contributed by atoms with Gasteiger partial charge >= 0.3 is 0 Å². The van der Waals surface area contributed by atoms with Gasteiger partial charge in [0.25, 0.3) is 0 Å². The van der Waals surface area contributed by atoms with E-state index in [-0.39, 0.29) is 23.8 Å². The number of rotatable bonds is 6. The highest BCUT2D eigenvalue weighted by molar-refractivity contribution is 7.89. The van der Waals surface area contributed by atoms with Gasteiger partial charge in [0.15, 0.2) is 0 Å². The molecule has 0 aliphatic carbocycles. The van der Waals surface area contributed by atoms with E-state index in [1.165, 1.54) is 11.2 Å². The standard InChI is InChI=1S/C21H21NO3S/c1-18-12-14-21(15-13-18)26(24,25)22(16-6-8-19(2)23)17-7-11-20-9-4-3-5-10-20/h3-5,7,9-15H,16-17H2,1-2H3. The molecule has 26 heavy (non-hydrogen) atoms. The fourth-order valence-electron chi connectivity index (χ4n) is 2.23. The molecule has 0 heterocycles. The summed E-state index contributed by atoms with van der Waals surface area (Å²) in [4.78, 5) is 11.2. The summed E-state index contributed by atoms with van der Waals surface area (Å²) >= 11 is 0. The molecule has 0 amide bonds. The van der Waals surface area contributed by atoms with Gasteiger partial charge in [0.1, 0.15) is 0 Å². The van der Waals surface area contributed by atoms with E-state index in [9.17, 15) is 13.2 Å². The lowest BCUT2D eigenvalue weighted by Gasteiger charge is -2.18. The van der Waals surface area contributed by atoms with Gasteiger partial charge in [0.05, 0.1) is 11.4 Å². The summed E-state index contributed by atoms with van der Waals surface area (Å²) in [6, 6.07) is 16.3. The maximum Gasteiger partial charge on any atom is 0.244 e. The van der Waals surface area contributed by atoms with Gasteiger partial charge in [-0.05, 0) is 30.5 Å². The number of benzene rings is 2. The number of carbonyl (C=O) groups is 1. The molecule has 0 spiro atoms. The predicted octanol–water partition coefficient (Wildman–Crippen LogP) is 3.29. The molecule has 0 radical (unpaired) electrons. The average Bonchev–Trinajstić information content (AvgIpc) is 2.61. The first kappa shape index (κ1) is 19.6. The van der Waals surface area contributed by atoms with E-state index in [4.69, 9.17) is 0 Å². The lowest BCUT2D eigenvalue weighted by atomic mass is 10.2. The van der Waals surface area contributed by atoms with Crippen LogP contribution < -0.4 is 0 Å². The van der Waals surface area contributed by atoms with Crippen LogP contribution in [0.4, 0.5) is 0 Å². The third kappa shape index (κ3) is 5.69. The van der Waals surface area contributed by atoms with Crippen LogP contribution in [0.2, 0.25) is 0 Å². The van der Waals surface area contributed by atoms with Crippen molar-refractivity contribution in [1.82, 2.24) is 4.31 Å². The third-order valence-electron chi connectivity index (χ3n) is 3.60. The van der Waals surface area contributed by atoms with Gasteiger partial charge in [-0.25, -0.2) is 8.42 Å². The molecule has 0 N–H and O–H groups in total. The van der Waals surface area contributed by atoms with Gasteiger partial charge in [-0.3, -0.25) is 4.79 Å². The Hall–Kier alpha value is -2.68. The zero-order chi connectivity index (χ0) is 19.0. The molecule has 0 aliphatic rings. The molecule has 5 heteroatoms. The van der Waals surface area contributed by atoms with Crippen molar-refractivity contribution in [3.8, 4) is 11.8 Å². The number of sulfonamides is 1. The lowest BCUT2D eigenvalue weighted by Crippen LogP contribution is -2.31. The van der Waals surface area contributed by atoms with Crippen LogP contribution in [-0.4, -0.2) is 31.6 Å². The fraction of sp³-hybridized carbons (Fsp3) is 0.190. The van der Waals surface area contributed by atoms with Crippen LogP contribution in [0.3, 0.4) is 0 Å². The summed E-state index contributed by atoms with van der Waals surface area (Å²) in [5.74, 6) is 4.74. The van der Waals surface area contributed by atoms with Gasteiger partial charge in [0.2, 0.25) is 15.8 Å². The maximum atomic E-state index is 12.9. The Morgan fingerprint density at radius 3 is 2.35 bits per heavy atom. The van der Waals surface area contributed by atoms with E-state index >= 15 is 0 Å². The zero-order valence-electron chi connectivity index (χ0n) is 14.8. The number of nitrogens with zero attached hydrogens (tertiary/aromatic N) is 1. The summed E-state index contributed by atoms with van der Waals surface area (Å²) in [6.07, 6.45) is 3.63. The summed E-state index contributed by atoms with van der Waals surface area (Å²) in [7, 11) is -3.70. The number of carbonyl (C=O) groups excluding carboxylic acids is 1. The Morgan fingerprint density at radius 1 is 1.08 bits per heavy atom. The highest BCUT2D eigenvalue weighted by atomic mass is 32.2. The average molecular weight is 367 g/mol. The van der Waals surface area contributed by atoms with Gasteiger partial charge in [-0.2, -0.15) is 4.31 Å². The van der Waals surface area contributed by atoms with Crippen LogP contribution in [0.25, 0.3) is 6.08 Å². The van der Waals surface area contributed by atoms with E-state index in [0.717, 1.165) is 11.1 Å². The van der Waals surface area contributed by atoms with Crippen LogP contribution >= 0.6 is 0 Å². The smallest absolute Gasteiger partial charge is 0.244 e. The van der Waals surface area contributed by atoms with Gasteiger partial charge in [0, 0.05) is 13.5 Å². The van der Waals surface area contributed by atoms with Crippen molar-refractivity contribution in [2.45, 2.75) is 18.7 Å². The number of hydrogen-bond acceptors (Lipinski definition) is 3. The highest BCUT2D eigenvalue weighted by Crippen LogP contribution is 2.16. The minimum atomic E-state index is -3.70. The molecule has 0 saturated carbocycles. The monoisotopic (exact) mass is 367 g/mol. The van der Waals surface area contributed by atoms with Crippen molar-refractivity contribution >= 4 is 21.9 Å². The molecular formula is C21H21NO3S. The SMILES string of the molecule is CC(=O)C#CCN(CC=Cc1ccccc1)S(=O)(=O)c1ccc(C)cc1. The largest absolute Gasteiger partial charge is 0.285 e. The van der Waals surface area contributed by atoms with Gasteiger partial charge in [-0.15, -0.1) is 0 Å². The van der Waals surface area contributed by atoms with Crippen LogP contribution in [-0.2, 0) is 14.8 Å². The van der Waals surface area contributed by atoms with E-state index in [0.29, 0.717) is 0 Å². The predicted molar refractivity (Wildman–Crippen MR) is 104 cm³/mol. The maximum absolute atomic E-state index is 12.9. The molecule has 2 aromatic rings. The van der Waals surface area contributed by atoms with Gasteiger partial charge in [-0.1, -0.05) is 66.1 Å². The number of aryl methyl sites for hydroxylation is 1. The fourth-order valence-corrected chi connectivity index (χ4v) is 3.52. The summed E-state index contributed by atoms with van der Waals surface area (Å²) in [6.45, 7) is 3.36. The third-order valence-corrected chi connectivity index (χ3v) is 5.42. The molecule has 0 aliphatic heterocycles. The minimum Gasteiger partial charge on any atom is -0.285 e. The minimum absolute atomic E-state index is 0.0467. The van der Waals surface area contributed by atoms with Crippen molar-refractivity contribution in [2.24, 2.45) is 0 Å². The second-order valence-electron chi connectivity index (χ2n) is 5.78. The van der Waals surface area contributed by atoms with E-state index < -0.39 is 10.0 Å². The molecule has 2 rings (SSSR count). The second-order valence-corrected chi connectivity index (χ2v) is 7.72. The first-order valence-electron chi connectivity index (χ1n) is 8.17. The lowest BCUT2D eigenvalue weighted by molar-refractivity contribution is -0.111. The van der Waals surface area contributed by atoms with Crippen molar-refractivity contribution in [2.75, 3.05) is 13.1 Å². The Morgan fingerprint density at radius 2 is 1.73 bits per heavy atom. The quantitative estimate of drug-likeness (QED) is 0.581. The Balaban J connectivity index is 2.25. The van der Waals surface area contributed by atoms with Crippen molar-refractivity contribution in [3.63, 3.8) is 0 Å². The molecular weight excluding hydrogens is 346 g/mol. The molecule has 4 nitrogen and oxygen atoms in total. The van der Waals surface area contributed by atoms with E-state index in [1.54, 1.807) is 30.3 Å². The molecule has 0 atom stereocenters. The Labute approximate surface area is 155 Å². The number of ketones is 1. The van der Waals surface area contributed by atoms with Crippen LogP contribution in [0.15, 0.2) is 65.6 Å². The van der Waals surface area contributed by atoms with E-state index in [1.807, 2.05) is 43.3 Å². The first-order chi connectivity index (χ1) is 12.4. The second kappa shape index (κ2) is 9.14. The van der Waals surface area contributed by atoms with Crippen molar-refractivity contribution < 1.29 is 13.2 Å². The van der Waals surface area contributed by atoms with Crippen molar-refractivity contribution in [1.29, 1.82) is 0 Å². The van der Waals surface area contributed by atoms with Crippen molar-refractivity contribution in [3.05, 3.63) is 71.8 Å². The first-order valence-corrected chi connectivity index (χ1v) is 9.61. The summed E-state index contributed by atoms with van der Waals surface area (Å²) in [5, 5.41) is 0. The highest BCUT2D eigenvalue weighted by Gasteiger charge is 2.22. The molecule has 0 fully saturated rings. The van der Waals surface area contributed by atoms with Crippen LogP contribution in [0.1, 0.15) is 18.1 Å². The van der Waals surface area contributed by atoms with Gasteiger partial charge < -0.3 is 0 Å². The molecule has 0 saturated heterocycles. The summed E-state index contributed by atoms with van der Waals surface area (Å²) < 4.78 is 27.1. The molecule has 0 aromatic heterocycles.